The highest BCUT2D eigenvalue weighted by Gasteiger charge is 2.10. The molecule has 21 heavy (non-hydrogen) atoms. The molecule has 0 radical (unpaired) electrons. The first kappa shape index (κ1) is 13.4. The summed E-state index contributed by atoms with van der Waals surface area (Å²) in [6, 6.07) is 18.1. The Morgan fingerprint density at radius 2 is 1.76 bits per heavy atom. The average molecular weight is 279 g/mol. The summed E-state index contributed by atoms with van der Waals surface area (Å²) in [5.41, 5.74) is 3.22. The summed E-state index contributed by atoms with van der Waals surface area (Å²) < 4.78 is 5.35. The molecule has 0 bridgehead atoms. The summed E-state index contributed by atoms with van der Waals surface area (Å²) in [5.74, 6) is 1.31. The molecule has 1 N–H and O–H groups in total. The van der Waals surface area contributed by atoms with Gasteiger partial charge in [-0.05, 0) is 30.7 Å². The fraction of sp³-hybridized carbons (Fsp3) is 0.176. The number of anilines is 1. The molecule has 0 spiro atoms. The van der Waals surface area contributed by atoms with Crippen LogP contribution in [-0.2, 0) is 6.42 Å². The van der Waals surface area contributed by atoms with Crippen molar-refractivity contribution in [1.82, 2.24) is 10.1 Å². The highest BCUT2D eigenvalue weighted by Crippen LogP contribution is 2.20. The third kappa shape index (κ3) is 3.28. The van der Waals surface area contributed by atoms with Crippen molar-refractivity contribution in [3.8, 4) is 11.5 Å². The van der Waals surface area contributed by atoms with Crippen molar-refractivity contribution in [3.63, 3.8) is 0 Å². The largest absolute Gasteiger partial charge is 0.385 e. The molecule has 3 aromatic rings. The molecule has 4 nitrogen and oxygen atoms in total. The van der Waals surface area contributed by atoms with Crippen LogP contribution in [0.4, 0.5) is 5.69 Å². The van der Waals surface area contributed by atoms with E-state index >= 15 is 0 Å². The highest BCUT2D eigenvalue weighted by atomic mass is 16.5. The molecule has 1 aromatic heterocycles. The van der Waals surface area contributed by atoms with E-state index in [-0.39, 0.29) is 0 Å². The monoisotopic (exact) mass is 279 g/mol. The lowest BCUT2D eigenvalue weighted by molar-refractivity contribution is 0.422. The Morgan fingerprint density at radius 3 is 2.57 bits per heavy atom. The summed E-state index contributed by atoms with van der Waals surface area (Å²) >= 11 is 0. The molecule has 0 aliphatic rings. The number of aryl methyl sites for hydroxylation is 1. The number of nitrogens with one attached hydrogen (secondary N) is 1. The van der Waals surface area contributed by atoms with Crippen LogP contribution < -0.4 is 5.32 Å². The van der Waals surface area contributed by atoms with Gasteiger partial charge in [0.15, 0.2) is 5.82 Å². The molecule has 3 rings (SSSR count). The van der Waals surface area contributed by atoms with E-state index in [4.69, 9.17) is 4.52 Å². The second kappa shape index (κ2) is 6.22. The van der Waals surface area contributed by atoms with E-state index in [0.29, 0.717) is 5.89 Å². The Hall–Kier alpha value is -2.62. The first-order valence-electron chi connectivity index (χ1n) is 7.00. The maximum absolute atomic E-state index is 5.35. The van der Waals surface area contributed by atoms with Gasteiger partial charge in [0.25, 0.3) is 5.89 Å². The molecule has 0 unspecified atom stereocenters. The van der Waals surface area contributed by atoms with Crippen LogP contribution in [0.5, 0.6) is 0 Å². The van der Waals surface area contributed by atoms with E-state index in [9.17, 15) is 0 Å². The van der Waals surface area contributed by atoms with Crippen molar-refractivity contribution in [2.45, 2.75) is 13.3 Å². The van der Waals surface area contributed by atoms with Gasteiger partial charge in [-0.3, -0.25) is 0 Å². The first-order valence-corrected chi connectivity index (χ1v) is 7.00. The molecule has 0 saturated carbocycles. The van der Waals surface area contributed by atoms with E-state index in [1.165, 1.54) is 0 Å². The molecule has 0 aliphatic carbocycles. The lowest BCUT2D eigenvalue weighted by Gasteiger charge is -2.03. The zero-order valence-electron chi connectivity index (χ0n) is 11.9. The Balaban J connectivity index is 1.62. The number of aromatic nitrogens is 2. The third-order valence-electron chi connectivity index (χ3n) is 3.30. The fourth-order valence-corrected chi connectivity index (χ4v) is 2.15. The standard InChI is InChI=1S/C17H17N3O/c1-13-7-5-6-10-15(13)17-19-16(20-21-17)11-12-18-14-8-3-2-4-9-14/h2-10,18H,11-12H2,1H3. The average Bonchev–Trinajstić information content (AvgIpc) is 2.97. The quantitative estimate of drug-likeness (QED) is 0.773. The second-order valence-electron chi connectivity index (χ2n) is 4.87. The van der Waals surface area contributed by atoms with E-state index < -0.39 is 0 Å². The highest BCUT2D eigenvalue weighted by molar-refractivity contribution is 5.57. The summed E-state index contributed by atoms with van der Waals surface area (Å²) in [5, 5.41) is 7.37. The first-order chi connectivity index (χ1) is 10.3. The molecule has 106 valence electrons. The number of hydrogen-bond donors (Lipinski definition) is 1. The molecule has 0 aliphatic heterocycles. The Kier molecular flexibility index (Phi) is 3.96. The lowest BCUT2D eigenvalue weighted by atomic mass is 10.1. The van der Waals surface area contributed by atoms with Gasteiger partial charge >= 0.3 is 0 Å². The minimum Gasteiger partial charge on any atom is -0.385 e. The number of para-hydroxylation sites is 1. The van der Waals surface area contributed by atoms with Gasteiger partial charge in [-0.25, -0.2) is 0 Å². The van der Waals surface area contributed by atoms with Gasteiger partial charge in [0, 0.05) is 24.2 Å². The van der Waals surface area contributed by atoms with Gasteiger partial charge in [-0.2, -0.15) is 4.98 Å². The third-order valence-corrected chi connectivity index (χ3v) is 3.30. The van der Waals surface area contributed by atoms with Crippen molar-refractivity contribution in [1.29, 1.82) is 0 Å². The predicted molar refractivity (Wildman–Crippen MR) is 83.1 cm³/mol. The molecule has 0 fully saturated rings. The van der Waals surface area contributed by atoms with Gasteiger partial charge < -0.3 is 9.84 Å². The van der Waals surface area contributed by atoms with Crippen LogP contribution in [0.15, 0.2) is 59.1 Å². The summed E-state index contributed by atoms with van der Waals surface area (Å²) in [7, 11) is 0. The zero-order chi connectivity index (χ0) is 14.5. The van der Waals surface area contributed by atoms with Crippen molar-refractivity contribution in [2.24, 2.45) is 0 Å². The van der Waals surface area contributed by atoms with Gasteiger partial charge in [-0.1, -0.05) is 41.6 Å². The van der Waals surface area contributed by atoms with Crippen LogP contribution in [0.3, 0.4) is 0 Å². The smallest absolute Gasteiger partial charge is 0.258 e. The molecular formula is C17H17N3O. The SMILES string of the molecule is Cc1ccccc1-c1nc(CCNc2ccccc2)no1. The van der Waals surface area contributed by atoms with Gasteiger partial charge in [0.1, 0.15) is 0 Å². The van der Waals surface area contributed by atoms with Gasteiger partial charge in [0.05, 0.1) is 0 Å². The number of nitrogens with zero attached hydrogens (tertiary/aromatic N) is 2. The van der Waals surface area contributed by atoms with E-state index in [1.54, 1.807) is 0 Å². The van der Waals surface area contributed by atoms with Crippen LogP contribution in [0.2, 0.25) is 0 Å². The van der Waals surface area contributed by atoms with E-state index in [1.807, 2.05) is 61.5 Å². The van der Waals surface area contributed by atoms with Crippen LogP contribution in [0, 0.1) is 6.92 Å². The molecule has 0 saturated heterocycles. The van der Waals surface area contributed by atoms with Crippen molar-refractivity contribution in [3.05, 3.63) is 66.0 Å². The molecule has 2 aromatic carbocycles. The number of benzene rings is 2. The lowest BCUT2D eigenvalue weighted by Crippen LogP contribution is -2.05. The summed E-state index contributed by atoms with van der Waals surface area (Å²) in [6.07, 6.45) is 0.726. The Morgan fingerprint density at radius 1 is 1.00 bits per heavy atom. The maximum Gasteiger partial charge on any atom is 0.258 e. The summed E-state index contributed by atoms with van der Waals surface area (Å²) in [6.45, 7) is 2.81. The van der Waals surface area contributed by atoms with Crippen molar-refractivity contribution < 1.29 is 4.52 Å². The summed E-state index contributed by atoms with van der Waals surface area (Å²) in [4.78, 5) is 4.45. The van der Waals surface area contributed by atoms with Gasteiger partial charge in [-0.15, -0.1) is 0 Å². The predicted octanol–water partition coefficient (Wildman–Crippen LogP) is 3.70. The molecule has 1 heterocycles. The van der Waals surface area contributed by atoms with Crippen molar-refractivity contribution >= 4 is 5.69 Å². The molecule has 4 heteroatoms. The fourth-order valence-electron chi connectivity index (χ4n) is 2.15. The normalized spacial score (nSPS) is 10.5. The minimum absolute atomic E-state index is 0.586. The molecule has 0 atom stereocenters. The van der Waals surface area contributed by atoms with Crippen LogP contribution in [0.25, 0.3) is 11.5 Å². The van der Waals surface area contributed by atoms with Crippen LogP contribution in [0.1, 0.15) is 11.4 Å². The van der Waals surface area contributed by atoms with Crippen LogP contribution in [-0.4, -0.2) is 16.7 Å². The van der Waals surface area contributed by atoms with Gasteiger partial charge in [0.2, 0.25) is 0 Å². The molecule has 0 amide bonds. The second-order valence-corrected chi connectivity index (χ2v) is 4.87. The molecular weight excluding hydrogens is 262 g/mol. The maximum atomic E-state index is 5.35. The Labute approximate surface area is 123 Å². The van der Waals surface area contributed by atoms with Crippen LogP contribution >= 0.6 is 0 Å². The Bertz CT molecular complexity index is 707. The number of hydrogen-bond acceptors (Lipinski definition) is 4. The number of rotatable bonds is 5. The zero-order valence-corrected chi connectivity index (χ0v) is 11.9. The van der Waals surface area contributed by atoms with E-state index in [0.717, 1.165) is 35.6 Å². The van der Waals surface area contributed by atoms with E-state index in [2.05, 4.69) is 15.5 Å². The minimum atomic E-state index is 0.586. The topological polar surface area (TPSA) is 51.0 Å². The van der Waals surface area contributed by atoms with Crippen molar-refractivity contribution in [2.75, 3.05) is 11.9 Å².